The summed E-state index contributed by atoms with van der Waals surface area (Å²) in [6.45, 7) is 2.31. The standard InChI is InChI=1S/C9H18N2O5/c1-9(2,5-13)11(3)8(16)10-6(4-12)7(14)15/h6,12-13H,4-5H2,1-3H3,(H,10,16)(H,14,15). The SMILES string of the molecule is CN(C(=O)NC(CO)C(=O)O)C(C)(C)CO. The molecular formula is C9H18N2O5. The third kappa shape index (κ3) is 3.67. The zero-order chi connectivity index (χ0) is 12.9. The number of carbonyl (C=O) groups excluding carboxylic acids is 1. The molecule has 0 saturated carbocycles. The van der Waals surface area contributed by atoms with E-state index >= 15 is 0 Å². The summed E-state index contributed by atoms with van der Waals surface area (Å²) in [6, 6.07) is -2.01. The van der Waals surface area contributed by atoms with E-state index in [9.17, 15) is 9.59 Å². The Bertz CT molecular complexity index is 267. The van der Waals surface area contributed by atoms with Gasteiger partial charge in [0, 0.05) is 7.05 Å². The van der Waals surface area contributed by atoms with E-state index in [1.54, 1.807) is 13.8 Å². The number of nitrogens with one attached hydrogen (secondary N) is 1. The number of amides is 2. The molecule has 0 aromatic carbocycles. The molecule has 0 bridgehead atoms. The zero-order valence-electron chi connectivity index (χ0n) is 9.60. The first kappa shape index (κ1) is 14.7. The summed E-state index contributed by atoms with van der Waals surface area (Å²) in [7, 11) is 1.43. The fourth-order valence-electron chi connectivity index (χ4n) is 0.812. The van der Waals surface area contributed by atoms with Crippen molar-refractivity contribution in [3.05, 3.63) is 0 Å². The molecule has 0 aliphatic carbocycles. The topological polar surface area (TPSA) is 110 Å². The maximum absolute atomic E-state index is 11.6. The molecule has 2 amide bonds. The molecule has 4 N–H and O–H groups in total. The lowest BCUT2D eigenvalue weighted by atomic mass is 10.1. The highest BCUT2D eigenvalue weighted by Gasteiger charge is 2.29. The Morgan fingerprint density at radius 2 is 1.88 bits per heavy atom. The van der Waals surface area contributed by atoms with Gasteiger partial charge in [0.1, 0.15) is 0 Å². The number of urea groups is 1. The monoisotopic (exact) mass is 234 g/mol. The predicted octanol–water partition coefficient (Wildman–Crippen LogP) is -1.16. The number of carboxylic acids is 1. The van der Waals surface area contributed by atoms with Crippen LogP contribution in [-0.2, 0) is 4.79 Å². The van der Waals surface area contributed by atoms with Gasteiger partial charge in [-0.2, -0.15) is 0 Å². The molecular weight excluding hydrogens is 216 g/mol. The zero-order valence-corrected chi connectivity index (χ0v) is 9.60. The number of likely N-dealkylation sites (N-methyl/N-ethyl adjacent to an activating group) is 1. The molecule has 7 nitrogen and oxygen atoms in total. The van der Waals surface area contributed by atoms with Crippen molar-refractivity contribution in [2.45, 2.75) is 25.4 Å². The van der Waals surface area contributed by atoms with Gasteiger partial charge in [-0.05, 0) is 13.8 Å². The Hall–Kier alpha value is -1.34. The van der Waals surface area contributed by atoms with E-state index in [-0.39, 0.29) is 6.61 Å². The summed E-state index contributed by atoms with van der Waals surface area (Å²) >= 11 is 0. The highest BCUT2D eigenvalue weighted by molar-refractivity contribution is 5.82. The van der Waals surface area contributed by atoms with Gasteiger partial charge in [-0.25, -0.2) is 9.59 Å². The lowest BCUT2D eigenvalue weighted by Crippen LogP contribution is -2.55. The van der Waals surface area contributed by atoms with E-state index in [0.29, 0.717) is 0 Å². The summed E-state index contributed by atoms with van der Waals surface area (Å²) < 4.78 is 0. The van der Waals surface area contributed by atoms with Crippen LogP contribution in [0.5, 0.6) is 0 Å². The minimum atomic E-state index is -1.34. The van der Waals surface area contributed by atoms with Gasteiger partial charge < -0.3 is 25.5 Å². The van der Waals surface area contributed by atoms with Gasteiger partial charge in [0.25, 0.3) is 0 Å². The molecule has 0 aromatic rings. The predicted molar refractivity (Wildman–Crippen MR) is 56.0 cm³/mol. The van der Waals surface area contributed by atoms with E-state index < -0.39 is 30.2 Å². The van der Waals surface area contributed by atoms with Gasteiger partial charge >= 0.3 is 12.0 Å². The molecule has 1 atom stereocenters. The minimum absolute atomic E-state index is 0.256. The van der Waals surface area contributed by atoms with Gasteiger partial charge in [0.2, 0.25) is 0 Å². The van der Waals surface area contributed by atoms with Gasteiger partial charge in [-0.15, -0.1) is 0 Å². The number of aliphatic carboxylic acids is 1. The second kappa shape index (κ2) is 5.66. The van der Waals surface area contributed by atoms with Gasteiger partial charge in [-0.1, -0.05) is 0 Å². The van der Waals surface area contributed by atoms with Crippen molar-refractivity contribution in [2.24, 2.45) is 0 Å². The fraction of sp³-hybridized carbons (Fsp3) is 0.778. The fourth-order valence-corrected chi connectivity index (χ4v) is 0.812. The Labute approximate surface area is 93.7 Å². The van der Waals surface area contributed by atoms with Crippen LogP contribution in [0.15, 0.2) is 0 Å². The van der Waals surface area contributed by atoms with Crippen LogP contribution in [-0.4, -0.2) is 64.1 Å². The molecule has 0 aliphatic heterocycles. The molecule has 0 rings (SSSR count). The summed E-state index contributed by atoms with van der Waals surface area (Å²) in [5.74, 6) is -1.31. The van der Waals surface area contributed by atoms with Crippen LogP contribution < -0.4 is 5.32 Å². The molecule has 7 heteroatoms. The van der Waals surface area contributed by atoms with E-state index in [4.69, 9.17) is 15.3 Å². The largest absolute Gasteiger partial charge is 0.480 e. The average molecular weight is 234 g/mol. The van der Waals surface area contributed by atoms with Crippen LogP contribution in [0.3, 0.4) is 0 Å². The van der Waals surface area contributed by atoms with Crippen LogP contribution in [0.25, 0.3) is 0 Å². The van der Waals surface area contributed by atoms with Crippen molar-refractivity contribution in [1.82, 2.24) is 10.2 Å². The Balaban J connectivity index is 4.52. The average Bonchev–Trinajstić information content (AvgIpc) is 2.23. The first-order chi connectivity index (χ1) is 7.26. The van der Waals surface area contributed by atoms with Crippen molar-refractivity contribution < 1.29 is 24.9 Å². The number of aliphatic hydroxyl groups is 2. The van der Waals surface area contributed by atoms with Gasteiger partial charge in [0.05, 0.1) is 18.8 Å². The van der Waals surface area contributed by atoms with Crippen molar-refractivity contribution in [1.29, 1.82) is 0 Å². The van der Waals surface area contributed by atoms with E-state index in [2.05, 4.69) is 5.32 Å². The second-order valence-electron chi connectivity index (χ2n) is 4.05. The van der Waals surface area contributed by atoms with E-state index in [0.717, 1.165) is 0 Å². The van der Waals surface area contributed by atoms with Crippen LogP contribution in [0.2, 0.25) is 0 Å². The third-order valence-electron chi connectivity index (χ3n) is 2.38. The van der Waals surface area contributed by atoms with Gasteiger partial charge in [-0.3, -0.25) is 0 Å². The summed E-state index contributed by atoms with van der Waals surface area (Å²) in [4.78, 5) is 23.3. The number of hydrogen-bond acceptors (Lipinski definition) is 4. The first-order valence-electron chi connectivity index (χ1n) is 4.75. The molecule has 0 spiro atoms. The van der Waals surface area contributed by atoms with Crippen LogP contribution in [0.4, 0.5) is 4.79 Å². The summed E-state index contributed by atoms with van der Waals surface area (Å²) in [5, 5.41) is 28.5. The number of aliphatic hydroxyl groups excluding tert-OH is 2. The highest BCUT2D eigenvalue weighted by atomic mass is 16.4. The molecule has 0 saturated heterocycles. The number of carbonyl (C=O) groups is 2. The molecule has 0 heterocycles. The second-order valence-corrected chi connectivity index (χ2v) is 4.05. The molecule has 0 fully saturated rings. The molecule has 0 aromatic heterocycles. The number of hydrogen-bond donors (Lipinski definition) is 4. The molecule has 0 aliphatic rings. The number of rotatable bonds is 5. The Morgan fingerprint density at radius 3 is 2.19 bits per heavy atom. The van der Waals surface area contributed by atoms with Crippen LogP contribution in [0, 0.1) is 0 Å². The Morgan fingerprint density at radius 1 is 1.38 bits per heavy atom. The van der Waals surface area contributed by atoms with Crippen molar-refractivity contribution in [3.8, 4) is 0 Å². The smallest absolute Gasteiger partial charge is 0.328 e. The maximum Gasteiger partial charge on any atom is 0.328 e. The normalized spacial score (nSPS) is 13.1. The molecule has 0 radical (unpaired) electrons. The van der Waals surface area contributed by atoms with Crippen LogP contribution in [0.1, 0.15) is 13.8 Å². The number of nitrogens with zero attached hydrogens (tertiary/aromatic N) is 1. The lowest BCUT2D eigenvalue weighted by molar-refractivity contribution is -0.140. The van der Waals surface area contributed by atoms with Crippen molar-refractivity contribution in [3.63, 3.8) is 0 Å². The quantitative estimate of drug-likeness (QED) is 0.480. The van der Waals surface area contributed by atoms with Crippen LogP contribution >= 0.6 is 0 Å². The van der Waals surface area contributed by atoms with E-state index in [1.807, 2.05) is 0 Å². The molecule has 94 valence electrons. The Kier molecular flexibility index (Phi) is 5.19. The lowest BCUT2D eigenvalue weighted by Gasteiger charge is -2.34. The first-order valence-corrected chi connectivity index (χ1v) is 4.75. The molecule has 16 heavy (non-hydrogen) atoms. The van der Waals surface area contributed by atoms with E-state index in [1.165, 1.54) is 11.9 Å². The summed E-state index contributed by atoms with van der Waals surface area (Å²) in [5.41, 5.74) is -0.803. The molecule has 1 unspecified atom stereocenters. The van der Waals surface area contributed by atoms with Gasteiger partial charge in [0.15, 0.2) is 6.04 Å². The summed E-state index contributed by atoms with van der Waals surface area (Å²) in [6.07, 6.45) is 0. The minimum Gasteiger partial charge on any atom is -0.480 e. The van der Waals surface area contributed by atoms with Crippen molar-refractivity contribution in [2.75, 3.05) is 20.3 Å². The number of carboxylic acid groups (broad SMARTS) is 1. The van der Waals surface area contributed by atoms with Crippen molar-refractivity contribution >= 4 is 12.0 Å². The maximum atomic E-state index is 11.6. The third-order valence-corrected chi connectivity index (χ3v) is 2.38. The highest BCUT2D eigenvalue weighted by Crippen LogP contribution is 2.10.